The molecule has 0 aliphatic heterocycles. The van der Waals surface area contributed by atoms with E-state index in [9.17, 15) is 0 Å². The van der Waals surface area contributed by atoms with Gasteiger partial charge in [-0.25, -0.2) is 0 Å². The summed E-state index contributed by atoms with van der Waals surface area (Å²) in [6.07, 6.45) is 5.38. The van der Waals surface area contributed by atoms with Gasteiger partial charge in [-0.05, 0) is 36.8 Å². The van der Waals surface area contributed by atoms with Gasteiger partial charge in [-0.2, -0.15) is 0 Å². The molecule has 0 bridgehead atoms. The fourth-order valence-corrected chi connectivity index (χ4v) is 2.09. The average molecular weight is 281 g/mol. The van der Waals surface area contributed by atoms with Crippen molar-refractivity contribution in [3.8, 4) is 0 Å². The summed E-state index contributed by atoms with van der Waals surface area (Å²) < 4.78 is 0. The van der Waals surface area contributed by atoms with Crippen molar-refractivity contribution in [1.82, 2.24) is 0 Å². The summed E-state index contributed by atoms with van der Waals surface area (Å²) in [4.78, 5) is 0. The van der Waals surface area contributed by atoms with Gasteiger partial charge in [0, 0.05) is 25.0 Å². The number of anilines is 4. The van der Waals surface area contributed by atoms with E-state index in [1.807, 2.05) is 25.2 Å². The third-order valence-corrected chi connectivity index (χ3v) is 3.16. The number of allylic oxidation sites excluding steroid dienone is 1. The molecule has 0 atom stereocenters. The summed E-state index contributed by atoms with van der Waals surface area (Å²) in [6, 6.07) is 16.5. The number of hydrogen-bond acceptors (Lipinski definition) is 3. The minimum Gasteiger partial charge on any atom is -0.386 e. The lowest BCUT2D eigenvalue weighted by Gasteiger charge is -2.13. The molecule has 2 aromatic carbocycles. The Balaban J connectivity index is 2.07. The van der Waals surface area contributed by atoms with E-state index in [0.717, 1.165) is 35.7 Å². The Morgan fingerprint density at radius 3 is 2.43 bits per heavy atom. The summed E-state index contributed by atoms with van der Waals surface area (Å²) in [5, 5.41) is 10.0. The highest BCUT2D eigenvalue weighted by atomic mass is 14.9. The molecule has 21 heavy (non-hydrogen) atoms. The molecule has 0 unspecified atom stereocenters. The van der Waals surface area contributed by atoms with E-state index in [-0.39, 0.29) is 0 Å². The molecule has 3 heteroatoms. The quantitative estimate of drug-likeness (QED) is 0.635. The minimum atomic E-state index is 0.841. The summed E-state index contributed by atoms with van der Waals surface area (Å²) in [5.41, 5.74) is 4.35. The molecule has 0 spiro atoms. The Labute approximate surface area is 127 Å². The Morgan fingerprint density at radius 2 is 1.71 bits per heavy atom. The van der Waals surface area contributed by atoms with Crippen molar-refractivity contribution < 1.29 is 0 Å². The van der Waals surface area contributed by atoms with E-state index in [1.54, 1.807) is 0 Å². The van der Waals surface area contributed by atoms with E-state index in [1.165, 1.54) is 0 Å². The van der Waals surface area contributed by atoms with Crippen LogP contribution in [-0.2, 0) is 0 Å². The van der Waals surface area contributed by atoms with Crippen LogP contribution in [-0.4, -0.2) is 13.6 Å². The fraction of sp³-hybridized carbons (Fsp3) is 0.222. The van der Waals surface area contributed by atoms with E-state index < -0.39 is 0 Å². The van der Waals surface area contributed by atoms with Crippen LogP contribution >= 0.6 is 0 Å². The molecule has 3 nitrogen and oxygen atoms in total. The zero-order chi connectivity index (χ0) is 14.9. The largest absolute Gasteiger partial charge is 0.386 e. The number of nitrogens with one attached hydrogen (secondary N) is 3. The normalized spacial score (nSPS) is 10.6. The lowest BCUT2D eigenvalue weighted by molar-refractivity contribution is 1.20. The van der Waals surface area contributed by atoms with Crippen LogP contribution in [0.2, 0.25) is 0 Å². The number of hydrogen-bond donors (Lipinski definition) is 3. The molecular weight excluding hydrogens is 258 g/mol. The molecule has 0 aliphatic carbocycles. The first-order valence-corrected chi connectivity index (χ1v) is 7.36. The van der Waals surface area contributed by atoms with Crippen molar-refractivity contribution in [2.24, 2.45) is 0 Å². The Bertz CT molecular complexity index is 576. The van der Waals surface area contributed by atoms with E-state index in [4.69, 9.17) is 0 Å². The first-order chi connectivity index (χ1) is 10.3. The van der Waals surface area contributed by atoms with Crippen LogP contribution in [0, 0.1) is 0 Å². The van der Waals surface area contributed by atoms with Gasteiger partial charge in [0.1, 0.15) is 0 Å². The first kappa shape index (κ1) is 15.0. The molecule has 0 radical (unpaired) electrons. The molecule has 0 aromatic heterocycles. The highest BCUT2D eigenvalue weighted by molar-refractivity contribution is 5.75. The zero-order valence-corrected chi connectivity index (χ0v) is 12.7. The second-order valence-corrected chi connectivity index (χ2v) is 4.76. The standard InChI is InChI=1S/C18H23N3/c1-3-4-8-13-20-17-12-11-16(14-18(17)19-2)21-15-9-6-5-7-10-15/h4-12,14,19-21H,3,13H2,1-2H3/b8-4+. The average Bonchev–Trinajstić information content (AvgIpc) is 2.53. The minimum absolute atomic E-state index is 0.841. The van der Waals surface area contributed by atoms with Crippen molar-refractivity contribution in [3.05, 3.63) is 60.7 Å². The van der Waals surface area contributed by atoms with Crippen molar-refractivity contribution in [1.29, 1.82) is 0 Å². The monoisotopic (exact) mass is 281 g/mol. The molecule has 0 aliphatic rings. The van der Waals surface area contributed by atoms with Crippen LogP contribution < -0.4 is 16.0 Å². The third-order valence-electron chi connectivity index (χ3n) is 3.16. The molecule has 2 rings (SSSR count). The predicted molar refractivity (Wildman–Crippen MR) is 93.6 cm³/mol. The molecule has 2 aromatic rings. The van der Waals surface area contributed by atoms with E-state index in [2.05, 4.69) is 65.4 Å². The second-order valence-electron chi connectivity index (χ2n) is 4.76. The Hall–Kier alpha value is -2.42. The summed E-state index contributed by atoms with van der Waals surface area (Å²) in [6.45, 7) is 2.98. The fourth-order valence-electron chi connectivity index (χ4n) is 2.09. The Kier molecular flexibility index (Phi) is 5.71. The topological polar surface area (TPSA) is 36.1 Å². The molecule has 0 amide bonds. The van der Waals surface area contributed by atoms with Gasteiger partial charge >= 0.3 is 0 Å². The SMILES string of the molecule is CC/C=C/CNc1ccc(Nc2ccccc2)cc1NC. The maximum Gasteiger partial charge on any atom is 0.0594 e. The predicted octanol–water partition coefficient (Wildman–Crippen LogP) is 4.85. The summed E-state index contributed by atoms with van der Waals surface area (Å²) in [7, 11) is 1.94. The Morgan fingerprint density at radius 1 is 0.905 bits per heavy atom. The first-order valence-electron chi connectivity index (χ1n) is 7.36. The van der Waals surface area contributed by atoms with Gasteiger partial charge in [0.2, 0.25) is 0 Å². The smallest absolute Gasteiger partial charge is 0.0594 e. The van der Waals surface area contributed by atoms with Crippen molar-refractivity contribution >= 4 is 22.7 Å². The molecular formula is C18H23N3. The number of rotatable bonds is 7. The van der Waals surface area contributed by atoms with Crippen LogP contribution in [0.3, 0.4) is 0 Å². The van der Waals surface area contributed by atoms with Gasteiger partial charge in [0.15, 0.2) is 0 Å². The molecule has 0 fully saturated rings. The van der Waals surface area contributed by atoms with Gasteiger partial charge in [0.25, 0.3) is 0 Å². The summed E-state index contributed by atoms with van der Waals surface area (Å²) in [5.74, 6) is 0. The van der Waals surface area contributed by atoms with Crippen LogP contribution in [0.4, 0.5) is 22.7 Å². The highest BCUT2D eigenvalue weighted by Crippen LogP contribution is 2.27. The van der Waals surface area contributed by atoms with E-state index in [0.29, 0.717) is 0 Å². The van der Waals surface area contributed by atoms with Gasteiger partial charge < -0.3 is 16.0 Å². The molecule has 0 heterocycles. The van der Waals surface area contributed by atoms with Crippen molar-refractivity contribution in [2.45, 2.75) is 13.3 Å². The zero-order valence-electron chi connectivity index (χ0n) is 12.7. The molecule has 0 saturated heterocycles. The lowest BCUT2D eigenvalue weighted by atomic mass is 10.2. The van der Waals surface area contributed by atoms with Gasteiger partial charge in [-0.3, -0.25) is 0 Å². The van der Waals surface area contributed by atoms with Crippen molar-refractivity contribution in [3.63, 3.8) is 0 Å². The van der Waals surface area contributed by atoms with Crippen molar-refractivity contribution in [2.75, 3.05) is 29.5 Å². The molecule has 0 saturated carbocycles. The second kappa shape index (κ2) is 8.00. The summed E-state index contributed by atoms with van der Waals surface area (Å²) >= 11 is 0. The molecule has 110 valence electrons. The van der Waals surface area contributed by atoms with Gasteiger partial charge in [-0.1, -0.05) is 37.3 Å². The van der Waals surface area contributed by atoms with Crippen LogP contribution in [0.15, 0.2) is 60.7 Å². The molecule has 3 N–H and O–H groups in total. The van der Waals surface area contributed by atoms with Crippen LogP contribution in [0.1, 0.15) is 13.3 Å². The maximum atomic E-state index is 3.41. The number of para-hydroxylation sites is 1. The van der Waals surface area contributed by atoms with Crippen LogP contribution in [0.25, 0.3) is 0 Å². The highest BCUT2D eigenvalue weighted by Gasteiger charge is 2.02. The number of benzene rings is 2. The van der Waals surface area contributed by atoms with E-state index >= 15 is 0 Å². The third kappa shape index (κ3) is 4.56. The maximum absolute atomic E-state index is 3.41. The van der Waals surface area contributed by atoms with Crippen LogP contribution in [0.5, 0.6) is 0 Å². The van der Waals surface area contributed by atoms with Gasteiger partial charge in [0.05, 0.1) is 11.4 Å². The lowest BCUT2D eigenvalue weighted by Crippen LogP contribution is -2.03. The van der Waals surface area contributed by atoms with Gasteiger partial charge in [-0.15, -0.1) is 0 Å².